The molecule has 0 aliphatic carbocycles. The van der Waals surface area contributed by atoms with Crippen molar-refractivity contribution in [3.05, 3.63) is 53.1 Å². The maximum Gasteiger partial charge on any atom is 0.275 e. The summed E-state index contributed by atoms with van der Waals surface area (Å²) in [5.74, 6) is -0.299. The van der Waals surface area contributed by atoms with Crippen molar-refractivity contribution in [1.29, 1.82) is 0 Å². The number of hydrogen-bond donors (Lipinski definition) is 1. The molecular weight excluding hydrogens is 262 g/mol. The molecule has 0 fully saturated rings. The van der Waals surface area contributed by atoms with Crippen molar-refractivity contribution in [3.8, 4) is 0 Å². The van der Waals surface area contributed by atoms with Gasteiger partial charge in [-0.2, -0.15) is 0 Å². The molecule has 0 bridgehead atoms. The van der Waals surface area contributed by atoms with Crippen LogP contribution in [0.4, 0.5) is 5.69 Å². The Labute approximate surface area is 116 Å². The zero-order valence-electron chi connectivity index (χ0n) is 10.6. The van der Waals surface area contributed by atoms with Crippen LogP contribution in [0, 0.1) is 0 Å². The summed E-state index contributed by atoms with van der Waals surface area (Å²) < 4.78 is 0. The first-order chi connectivity index (χ1) is 9.19. The lowest BCUT2D eigenvalue weighted by Gasteiger charge is -2.05. The van der Waals surface area contributed by atoms with Crippen LogP contribution in [0.2, 0.25) is 5.15 Å². The number of nitrogens with zero attached hydrogens (tertiary/aromatic N) is 2. The van der Waals surface area contributed by atoms with Gasteiger partial charge in [-0.05, 0) is 24.1 Å². The molecule has 0 spiro atoms. The van der Waals surface area contributed by atoms with Gasteiger partial charge in [0.1, 0.15) is 10.8 Å². The average Bonchev–Trinajstić information content (AvgIpc) is 2.42. The summed E-state index contributed by atoms with van der Waals surface area (Å²) in [4.78, 5) is 19.6. The molecule has 2 rings (SSSR count). The number of halogens is 1. The molecule has 1 amide bonds. The van der Waals surface area contributed by atoms with Crippen LogP contribution in [-0.2, 0) is 6.42 Å². The second kappa shape index (κ2) is 6.29. The second-order valence-corrected chi connectivity index (χ2v) is 4.51. The van der Waals surface area contributed by atoms with Crippen LogP contribution in [0.1, 0.15) is 29.4 Å². The first-order valence-electron chi connectivity index (χ1n) is 6.07. The molecule has 2 aromatic rings. The van der Waals surface area contributed by atoms with E-state index in [-0.39, 0.29) is 16.8 Å². The van der Waals surface area contributed by atoms with Crippen molar-refractivity contribution < 1.29 is 4.79 Å². The normalized spacial score (nSPS) is 10.2. The van der Waals surface area contributed by atoms with Crippen LogP contribution in [0.25, 0.3) is 0 Å². The minimum atomic E-state index is -0.299. The fourth-order valence-corrected chi connectivity index (χ4v) is 1.77. The first kappa shape index (κ1) is 13.5. The molecule has 1 N–H and O–H groups in total. The third-order valence-corrected chi connectivity index (χ3v) is 2.80. The van der Waals surface area contributed by atoms with Gasteiger partial charge in [0.25, 0.3) is 5.91 Å². The van der Waals surface area contributed by atoms with E-state index in [9.17, 15) is 4.79 Å². The van der Waals surface area contributed by atoms with Gasteiger partial charge in [-0.1, -0.05) is 37.1 Å². The molecule has 0 aliphatic heterocycles. The van der Waals surface area contributed by atoms with E-state index >= 15 is 0 Å². The van der Waals surface area contributed by atoms with E-state index in [1.807, 2.05) is 24.3 Å². The first-order valence-corrected chi connectivity index (χ1v) is 6.44. The molecule has 0 radical (unpaired) electrons. The standard InChI is InChI=1S/C14H14ClN3O/c1-2-3-10-4-6-11(7-5-10)18-14(19)12-8-17-13(15)9-16-12/h4-9H,2-3H2,1H3,(H,18,19). The monoisotopic (exact) mass is 275 g/mol. The van der Waals surface area contributed by atoms with Gasteiger partial charge in [0, 0.05) is 5.69 Å². The number of carbonyl (C=O) groups is 1. The van der Waals surface area contributed by atoms with E-state index in [0.717, 1.165) is 18.5 Å². The molecular formula is C14H14ClN3O. The Morgan fingerprint density at radius 1 is 1.21 bits per heavy atom. The highest BCUT2D eigenvalue weighted by Gasteiger charge is 2.07. The third kappa shape index (κ3) is 3.76. The van der Waals surface area contributed by atoms with E-state index in [1.54, 1.807) is 0 Å². The van der Waals surface area contributed by atoms with Crippen molar-refractivity contribution in [3.63, 3.8) is 0 Å². The van der Waals surface area contributed by atoms with E-state index in [1.165, 1.54) is 18.0 Å². The van der Waals surface area contributed by atoms with Gasteiger partial charge in [0.15, 0.2) is 0 Å². The number of amides is 1. The Morgan fingerprint density at radius 3 is 2.53 bits per heavy atom. The number of nitrogens with one attached hydrogen (secondary N) is 1. The van der Waals surface area contributed by atoms with Gasteiger partial charge in [0.2, 0.25) is 0 Å². The summed E-state index contributed by atoms with van der Waals surface area (Å²) >= 11 is 5.62. The molecule has 98 valence electrons. The Bertz CT molecular complexity index is 552. The smallest absolute Gasteiger partial charge is 0.275 e. The molecule has 0 unspecified atom stereocenters. The molecule has 0 saturated carbocycles. The Balaban J connectivity index is 2.04. The van der Waals surface area contributed by atoms with E-state index in [2.05, 4.69) is 22.2 Å². The quantitative estimate of drug-likeness (QED) is 0.931. The molecule has 1 aromatic carbocycles. The molecule has 5 heteroatoms. The van der Waals surface area contributed by atoms with Crippen molar-refractivity contribution in [2.45, 2.75) is 19.8 Å². The van der Waals surface area contributed by atoms with Gasteiger partial charge < -0.3 is 5.32 Å². The lowest BCUT2D eigenvalue weighted by Crippen LogP contribution is -2.13. The minimum absolute atomic E-state index is 0.238. The zero-order valence-corrected chi connectivity index (χ0v) is 11.3. The maximum atomic E-state index is 11.9. The number of benzene rings is 1. The van der Waals surface area contributed by atoms with Crippen LogP contribution in [0.5, 0.6) is 0 Å². The predicted octanol–water partition coefficient (Wildman–Crippen LogP) is 3.33. The van der Waals surface area contributed by atoms with Gasteiger partial charge >= 0.3 is 0 Å². The number of carbonyl (C=O) groups excluding carboxylic acids is 1. The highest BCUT2D eigenvalue weighted by Crippen LogP contribution is 2.12. The molecule has 4 nitrogen and oxygen atoms in total. The third-order valence-electron chi connectivity index (χ3n) is 2.60. The predicted molar refractivity (Wildman–Crippen MR) is 75.4 cm³/mol. The second-order valence-electron chi connectivity index (χ2n) is 4.13. The molecule has 0 atom stereocenters. The lowest BCUT2D eigenvalue weighted by molar-refractivity contribution is 0.102. The number of aryl methyl sites for hydroxylation is 1. The Hall–Kier alpha value is -1.94. The van der Waals surface area contributed by atoms with Crippen LogP contribution < -0.4 is 5.32 Å². The van der Waals surface area contributed by atoms with Crippen LogP contribution in [0.15, 0.2) is 36.7 Å². The van der Waals surface area contributed by atoms with Gasteiger partial charge in [0.05, 0.1) is 12.4 Å². The number of aromatic nitrogens is 2. The van der Waals surface area contributed by atoms with Gasteiger partial charge in [-0.25, -0.2) is 9.97 Å². The van der Waals surface area contributed by atoms with Crippen LogP contribution >= 0.6 is 11.6 Å². The van der Waals surface area contributed by atoms with Crippen LogP contribution in [-0.4, -0.2) is 15.9 Å². The molecule has 0 saturated heterocycles. The summed E-state index contributed by atoms with van der Waals surface area (Å²) in [7, 11) is 0. The fourth-order valence-electron chi connectivity index (χ4n) is 1.67. The largest absolute Gasteiger partial charge is 0.321 e. The molecule has 0 aliphatic rings. The molecule has 1 heterocycles. The summed E-state index contributed by atoms with van der Waals surface area (Å²) in [5.41, 5.74) is 2.23. The fraction of sp³-hybridized carbons (Fsp3) is 0.214. The summed E-state index contributed by atoms with van der Waals surface area (Å²) in [6.45, 7) is 2.13. The number of anilines is 1. The average molecular weight is 276 g/mol. The zero-order chi connectivity index (χ0) is 13.7. The summed E-state index contributed by atoms with van der Waals surface area (Å²) in [6.07, 6.45) is 4.84. The van der Waals surface area contributed by atoms with Crippen LogP contribution in [0.3, 0.4) is 0 Å². The maximum absolute atomic E-state index is 11.9. The van der Waals surface area contributed by atoms with Gasteiger partial charge in [-0.15, -0.1) is 0 Å². The van der Waals surface area contributed by atoms with Crippen molar-refractivity contribution in [1.82, 2.24) is 9.97 Å². The van der Waals surface area contributed by atoms with Crippen molar-refractivity contribution in [2.24, 2.45) is 0 Å². The molecule has 19 heavy (non-hydrogen) atoms. The SMILES string of the molecule is CCCc1ccc(NC(=O)c2cnc(Cl)cn2)cc1. The summed E-state index contributed by atoms with van der Waals surface area (Å²) in [5, 5.41) is 3.03. The topological polar surface area (TPSA) is 54.9 Å². The Kier molecular flexibility index (Phi) is 4.47. The van der Waals surface area contributed by atoms with E-state index < -0.39 is 0 Å². The van der Waals surface area contributed by atoms with Gasteiger partial charge in [-0.3, -0.25) is 4.79 Å². The van der Waals surface area contributed by atoms with Crippen molar-refractivity contribution in [2.75, 3.05) is 5.32 Å². The Morgan fingerprint density at radius 2 is 1.95 bits per heavy atom. The molecule has 1 aromatic heterocycles. The minimum Gasteiger partial charge on any atom is -0.321 e. The van der Waals surface area contributed by atoms with E-state index in [4.69, 9.17) is 11.6 Å². The highest BCUT2D eigenvalue weighted by molar-refractivity contribution is 6.29. The highest BCUT2D eigenvalue weighted by atomic mass is 35.5. The lowest BCUT2D eigenvalue weighted by atomic mass is 10.1. The summed E-state index contributed by atoms with van der Waals surface area (Å²) in [6, 6.07) is 7.78. The number of rotatable bonds is 4. The van der Waals surface area contributed by atoms with Crippen molar-refractivity contribution >= 4 is 23.2 Å². The van der Waals surface area contributed by atoms with E-state index in [0.29, 0.717) is 0 Å². The number of hydrogen-bond acceptors (Lipinski definition) is 3.